The monoisotopic (exact) mass is 280 g/mol. The van der Waals surface area contributed by atoms with E-state index in [0.29, 0.717) is 6.54 Å². The summed E-state index contributed by atoms with van der Waals surface area (Å²) in [5.74, 6) is 2.47. The fourth-order valence-corrected chi connectivity index (χ4v) is 1.82. The molecule has 1 aromatic heterocycles. The summed E-state index contributed by atoms with van der Waals surface area (Å²) in [5.41, 5.74) is 1.84. The summed E-state index contributed by atoms with van der Waals surface area (Å²) in [6, 6.07) is 13.2. The van der Waals surface area contributed by atoms with Crippen LogP contribution in [0.15, 0.2) is 54.9 Å². The van der Waals surface area contributed by atoms with Gasteiger partial charge in [0.2, 0.25) is 0 Å². The second-order valence-electron chi connectivity index (χ2n) is 4.46. The number of carbonyl (C=O) groups is 1. The van der Waals surface area contributed by atoms with E-state index in [-0.39, 0.29) is 13.2 Å². The zero-order valence-corrected chi connectivity index (χ0v) is 11.6. The molecule has 2 aromatic rings. The van der Waals surface area contributed by atoms with Crippen LogP contribution in [-0.2, 0) is 17.9 Å². The van der Waals surface area contributed by atoms with Crippen molar-refractivity contribution in [1.82, 2.24) is 9.88 Å². The lowest BCUT2D eigenvalue weighted by Gasteiger charge is -2.19. The molecule has 21 heavy (non-hydrogen) atoms. The van der Waals surface area contributed by atoms with E-state index in [1.165, 1.54) is 4.90 Å². The molecule has 0 bridgehead atoms. The standard InChI is InChI=1S/C17H16N2O2/c1-2-11-19(13-16-9-6-10-18-12-16)17(20)21-14-15-7-4-3-5-8-15/h1,3-10,12H,11,13-14H2. The summed E-state index contributed by atoms with van der Waals surface area (Å²) in [7, 11) is 0. The van der Waals surface area contributed by atoms with E-state index in [4.69, 9.17) is 11.2 Å². The molecule has 0 saturated heterocycles. The molecule has 1 amide bonds. The average molecular weight is 280 g/mol. The molecule has 0 unspecified atom stereocenters. The number of carbonyl (C=O) groups excluding carboxylic acids is 1. The zero-order chi connectivity index (χ0) is 14.9. The van der Waals surface area contributed by atoms with Gasteiger partial charge in [-0.15, -0.1) is 6.42 Å². The first kappa shape index (κ1) is 14.6. The van der Waals surface area contributed by atoms with Gasteiger partial charge in [0.15, 0.2) is 0 Å². The fourth-order valence-electron chi connectivity index (χ4n) is 1.82. The first-order chi connectivity index (χ1) is 10.3. The third-order valence-electron chi connectivity index (χ3n) is 2.84. The van der Waals surface area contributed by atoms with E-state index >= 15 is 0 Å². The Bertz CT molecular complexity index is 606. The molecule has 0 saturated carbocycles. The Morgan fingerprint density at radius 1 is 1.19 bits per heavy atom. The highest BCUT2D eigenvalue weighted by Crippen LogP contribution is 2.07. The maximum absolute atomic E-state index is 12.1. The number of pyridine rings is 1. The maximum atomic E-state index is 12.1. The van der Waals surface area contributed by atoms with Crippen molar-refractivity contribution < 1.29 is 9.53 Å². The van der Waals surface area contributed by atoms with Crippen molar-refractivity contribution >= 4 is 6.09 Å². The summed E-state index contributed by atoms with van der Waals surface area (Å²) in [6.07, 6.45) is 8.27. The summed E-state index contributed by atoms with van der Waals surface area (Å²) in [5, 5.41) is 0. The Labute approximate surface area is 124 Å². The minimum atomic E-state index is -0.430. The molecule has 4 heteroatoms. The van der Waals surface area contributed by atoms with Crippen LogP contribution in [-0.4, -0.2) is 22.5 Å². The van der Waals surface area contributed by atoms with E-state index in [0.717, 1.165) is 11.1 Å². The number of rotatable bonds is 5. The summed E-state index contributed by atoms with van der Waals surface area (Å²) in [6.45, 7) is 0.808. The maximum Gasteiger partial charge on any atom is 0.411 e. The highest BCUT2D eigenvalue weighted by Gasteiger charge is 2.14. The Hall–Kier alpha value is -2.80. The molecule has 0 atom stereocenters. The number of amides is 1. The first-order valence-electron chi connectivity index (χ1n) is 6.57. The van der Waals surface area contributed by atoms with Gasteiger partial charge in [0, 0.05) is 12.4 Å². The molecule has 0 aliphatic carbocycles. The number of hydrogen-bond acceptors (Lipinski definition) is 3. The van der Waals surface area contributed by atoms with E-state index in [1.807, 2.05) is 42.5 Å². The van der Waals surface area contributed by atoms with Crippen LogP contribution in [0, 0.1) is 12.3 Å². The van der Waals surface area contributed by atoms with E-state index in [9.17, 15) is 4.79 Å². The Balaban J connectivity index is 1.94. The Morgan fingerprint density at radius 2 is 1.95 bits per heavy atom. The zero-order valence-electron chi connectivity index (χ0n) is 11.6. The van der Waals surface area contributed by atoms with Gasteiger partial charge in [0.05, 0.1) is 13.1 Å². The molecule has 0 fully saturated rings. The number of terminal acetylenes is 1. The van der Waals surface area contributed by atoms with Gasteiger partial charge in [0.25, 0.3) is 0 Å². The van der Waals surface area contributed by atoms with Gasteiger partial charge in [-0.05, 0) is 17.2 Å². The third-order valence-corrected chi connectivity index (χ3v) is 2.84. The summed E-state index contributed by atoms with van der Waals surface area (Å²) >= 11 is 0. The molecule has 0 aliphatic rings. The second-order valence-corrected chi connectivity index (χ2v) is 4.46. The number of nitrogens with zero attached hydrogens (tertiary/aromatic N) is 2. The van der Waals surface area contributed by atoms with Gasteiger partial charge in [-0.3, -0.25) is 9.88 Å². The minimum Gasteiger partial charge on any atom is -0.445 e. The van der Waals surface area contributed by atoms with Crippen LogP contribution in [0.2, 0.25) is 0 Å². The smallest absolute Gasteiger partial charge is 0.411 e. The lowest BCUT2D eigenvalue weighted by atomic mass is 10.2. The minimum absolute atomic E-state index is 0.197. The number of ether oxygens (including phenoxy) is 1. The molecule has 4 nitrogen and oxygen atoms in total. The SMILES string of the molecule is C#CCN(Cc1cccnc1)C(=O)OCc1ccccc1. The molecule has 0 spiro atoms. The Morgan fingerprint density at radius 3 is 2.62 bits per heavy atom. The fraction of sp³-hybridized carbons (Fsp3) is 0.176. The summed E-state index contributed by atoms with van der Waals surface area (Å²) in [4.78, 5) is 17.6. The molecule has 0 radical (unpaired) electrons. The molecule has 1 aromatic carbocycles. The van der Waals surface area contributed by atoms with Crippen molar-refractivity contribution in [3.8, 4) is 12.3 Å². The van der Waals surface area contributed by atoms with Crippen molar-refractivity contribution in [3.05, 3.63) is 66.0 Å². The van der Waals surface area contributed by atoms with Crippen molar-refractivity contribution in [2.24, 2.45) is 0 Å². The largest absolute Gasteiger partial charge is 0.445 e. The van der Waals surface area contributed by atoms with Crippen molar-refractivity contribution in [2.75, 3.05) is 6.54 Å². The van der Waals surface area contributed by atoms with Gasteiger partial charge in [-0.2, -0.15) is 0 Å². The highest BCUT2D eigenvalue weighted by molar-refractivity contribution is 5.68. The van der Waals surface area contributed by atoms with Gasteiger partial charge < -0.3 is 4.74 Å². The number of benzene rings is 1. The quantitative estimate of drug-likeness (QED) is 0.791. The third kappa shape index (κ3) is 4.66. The first-order valence-corrected chi connectivity index (χ1v) is 6.57. The van der Waals surface area contributed by atoms with Gasteiger partial charge in [-0.25, -0.2) is 4.79 Å². The molecular weight excluding hydrogens is 264 g/mol. The highest BCUT2D eigenvalue weighted by atomic mass is 16.6. The van der Waals surface area contributed by atoms with Gasteiger partial charge in [-0.1, -0.05) is 42.3 Å². The Kier molecular flexibility index (Phi) is 5.36. The van der Waals surface area contributed by atoms with Crippen LogP contribution in [0.3, 0.4) is 0 Å². The average Bonchev–Trinajstić information content (AvgIpc) is 2.54. The predicted octanol–water partition coefficient (Wildman–Crippen LogP) is 2.85. The van der Waals surface area contributed by atoms with E-state index < -0.39 is 6.09 Å². The lowest BCUT2D eigenvalue weighted by Crippen LogP contribution is -2.31. The number of aromatic nitrogens is 1. The van der Waals surface area contributed by atoms with Crippen molar-refractivity contribution in [2.45, 2.75) is 13.2 Å². The van der Waals surface area contributed by atoms with E-state index in [2.05, 4.69) is 10.9 Å². The van der Waals surface area contributed by atoms with Gasteiger partial charge >= 0.3 is 6.09 Å². The topological polar surface area (TPSA) is 42.4 Å². The van der Waals surface area contributed by atoms with Crippen molar-refractivity contribution in [1.29, 1.82) is 0 Å². The predicted molar refractivity (Wildman–Crippen MR) is 80.1 cm³/mol. The van der Waals surface area contributed by atoms with Crippen LogP contribution >= 0.6 is 0 Å². The lowest BCUT2D eigenvalue weighted by molar-refractivity contribution is 0.0984. The number of hydrogen-bond donors (Lipinski definition) is 0. The second kappa shape index (κ2) is 7.71. The molecule has 106 valence electrons. The van der Waals surface area contributed by atoms with E-state index in [1.54, 1.807) is 12.4 Å². The van der Waals surface area contributed by atoms with Crippen LogP contribution in [0.1, 0.15) is 11.1 Å². The van der Waals surface area contributed by atoms with Crippen LogP contribution in [0.5, 0.6) is 0 Å². The van der Waals surface area contributed by atoms with Gasteiger partial charge in [0.1, 0.15) is 6.61 Å². The molecule has 0 N–H and O–H groups in total. The normalized spacial score (nSPS) is 9.67. The summed E-state index contributed by atoms with van der Waals surface area (Å²) < 4.78 is 5.29. The molecule has 2 rings (SSSR count). The molecule has 0 aliphatic heterocycles. The van der Waals surface area contributed by atoms with Crippen LogP contribution in [0.4, 0.5) is 4.79 Å². The van der Waals surface area contributed by atoms with Crippen LogP contribution < -0.4 is 0 Å². The molecular formula is C17H16N2O2. The van der Waals surface area contributed by atoms with Crippen LogP contribution in [0.25, 0.3) is 0 Å². The van der Waals surface area contributed by atoms with Crippen molar-refractivity contribution in [3.63, 3.8) is 0 Å². The molecule has 1 heterocycles.